The van der Waals surface area contributed by atoms with Gasteiger partial charge in [-0.2, -0.15) is 5.06 Å². The molecule has 2 bridgehead atoms. The SMILES string of the molecule is CC(C)(C)OC(=O)CCC(CO)NC(=O)CCNC(=O)C12CC3OC(=O)C1N(Cc1cccc(C=CCc4ccccc4O)c1)OC2C1OC2(Cc4ccccc4C2)OC31. The predicted molar refractivity (Wildman–Crippen MR) is 216 cm³/mol. The van der Waals surface area contributed by atoms with Crippen molar-refractivity contribution in [1.29, 1.82) is 0 Å². The van der Waals surface area contributed by atoms with E-state index in [1.807, 2.05) is 72.8 Å². The summed E-state index contributed by atoms with van der Waals surface area (Å²) in [6.45, 7) is 5.01. The van der Waals surface area contributed by atoms with Crippen LogP contribution in [0.15, 0.2) is 78.9 Å². The fourth-order valence-electron chi connectivity index (χ4n) is 9.39. The highest BCUT2D eigenvalue weighted by molar-refractivity contribution is 5.94. The van der Waals surface area contributed by atoms with E-state index >= 15 is 0 Å². The molecule has 7 unspecified atom stereocenters. The highest BCUT2D eigenvalue weighted by atomic mass is 16.8. The summed E-state index contributed by atoms with van der Waals surface area (Å²) in [6, 6.07) is 21.2. The Kier molecular flexibility index (Phi) is 11.6. The zero-order valence-electron chi connectivity index (χ0n) is 34.1. The van der Waals surface area contributed by atoms with Crippen LogP contribution in [0.4, 0.5) is 0 Å². The van der Waals surface area contributed by atoms with Crippen molar-refractivity contribution in [3.05, 3.63) is 107 Å². The van der Waals surface area contributed by atoms with Gasteiger partial charge in [0.1, 0.15) is 41.2 Å². The average molecular weight is 824 g/mol. The number of allylic oxidation sites excluding steroid dienone is 1. The number of para-hydroxylation sites is 1. The van der Waals surface area contributed by atoms with E-state index in [2.05, 4.69) is 10.6 Å². The second-order valence-electron chi connectivity index (χ2n) is 17.5. The fourth-order valence-corrected chi connectivity index (χ4v) is 9.39. The molecule has 14 nitrogen and oxygen atoms in total. The molecule has 14 heteroatoms. The number of hydrogen-bond acceptors (Lipinski definition) is 12. The molecule has 2 amide bonds. The topological polar surface area (TPSA) is 182 Å². The molecule has 3 aromatic rings. The van der Waals surface area contributed by atoms with Gasteiger partial charge in [0.05, 0.1) is 19.2 Å². The summed E-state index contributed by atoms with van der Waals surface area (Å²) in [5.74, 6) is -2.70. The van der Waals surface area contributed by atoms with Crippen molar-refractivity contribution >= 4 is 29.8 Å². The first-order valence-corrected chi connectivity index (χ1v) is 20.7. The minimum atomic E-state index is -1.44. The van der Waals surface area contributed by atoms with E-state index in [-0.39, 0.29) is 51.1 Å². The third-order valence-corrected chi connectivity index (χ3v) is 12.0. The first-order chi connectivity index (χ1) is 28.8. The molecule has 8 rings (SSSR count). The van der Waals surface area contributed by atoms with Crippen LogP contribution in [-0.2, 0) is 68.8 Å². The molecule has 1 saturated carbocycles. The number of phenolic OH excluding ortho intramolecular Hbond substituents is 1. The number of carbonyl (C=O) groups is 4. The number of fused-ring (bicyclic) bond motifs is 5. The number of ether oxygens (including phenoxy) is 4. The van der Waals surface area contributed by atoms with Gasteiger partial charge < -0.3 is 39.8 Å². The number of aromatic hydroxyl groups is 1. The van der Waals surface area contributed by atoms with Gasteiger partial charge in [0.25, 0.3) is 0 Å². The number of benzene rings is 3. The van der Waals surface area contributed by atoms with Crippen molar-refractivity contribution in [3.63, 3.8) is 0 Å². The normalized spacial score (nSPS) is 26.7. The van der Waals surface area contributed by atoms with Crippen molar-refractivity contribution in [2.45, 2.75) is 120 Å². The Bertz CT molecular complexity index is 2130. The molecule has 4 fully saturated rings. The van der Waals surface area contributed by atoms with Crippen LogP contribution < -0.4 is 10.6 Å². The van der Waals surface area contributed by atoms with E-state index in [0.29, 0.717) is 19.3 Å². The maximum absolute atomic E-state index is 14.7. The molecule has 3 saturated heterocycles. The van der Waals surface area contributed by atoms with Crippen LogP contribution >= 0.6 is 0 Å². The zero-order valence-corrected chi connectivity index (χ0v) is 34.1. The highest BCUT2D eigenvalue weighted by Gasteiger charge is 2.76. The molecule has 60 heavy (non-hydrogen) atoms. The van der Waals surface area contributed by atoms with Gasteiger partial charge in [-0.1, -0.05) is 78.9 Å². The largest absolute Gasteiger partial charge is 0.508 e. The van der Waals surface area contributed by atoms with Gasteiger partial charge in [0.15, 0.2) is 11.8 Å². The first-order valence-electron chi connectivity index (χ1n) is 20.7. The van der Waals surface area contributed by atoms with Gasteiger partial charge >= 0.3 is 11.9 Å². The molecular weight excluding hydrogens is 771 g/mol. The number of aliphatic hydroxyl groups is 1. The molecule has 3 aromatic carbocycles. The van der Waals surface area contributed by atoms with E-state index < -0.39 is 77.1 Å². The summed E-state index contributed by atoms with van der Waals surface area (Å²) in [6.07, 6.45) is 2.57. The van der Waals surface area contributed by atoms with Crippen molar-refractivity contribution in [3.8, 4) is 5.75 Å². The minimum absolute atomic E-state index is 0.0144. The number of hydroxylamine groups is 2. The second-order valence-corrected chi connectivity index (χ2v) is 17.5. The van der Waals surface area contributed by atoms with Crippen LogP contribution in [0, 0.1) is 5.41 Å². The van der Waals surface area contributed by atoms with Crippen molar-refractivity contribution in [2.75, 3.05) is 13.2 Å². The zero-order chi connectivity index (χ0) is 42.2. The van der Waals surface area contributed by atoms with Gasteiger partial charge in [0.2, 0.25) is 11.8 Å². The lowest BCUT2D eigenvalue weighted by atomic mass is 9.62. The molecule has 2 aliphatic carbocycles. The van der Waals surface area contributed by atoms with Crippen molar-refractivity contribution in [1.82, 2.24) is 15.7 Å². The molecule has 3 aliphatic heterocycles. The van der Waals surface area contributed by atoms with Gasteiger partial charge in [-0.25, -0.2) is 0 Å². The Hall–Kier alpha value is -5.12. The molecule has 7 atom stereocenters. The number of esters is 2. The highest BCUT2D eigenvalue weighted by Crippen LogP contribution is 2.58. The Morgan fingerprint density at radius 1 is 0.983 bits per heavy atom. The van der Waals surface area contributed by atoms with E-state index in [0.717, 1.165) is 27.8 Å². The number of amides is 2. The van der Waals surface area contributed by atoms with Crippen molar-refractivity contribution < 1.29 is 53.2 Å². The summed E-state index contributed by atoms with van der Waals surface area (Å²) < 4.78 is 25.0. The van der Waals surface area contributed by atoms with Gasteiger partial charge in [-0.05, 0) is 67.5 Å². The first kappa shape index (κ1) is 41.6. The smallest absolute Gasteiger partial charge is 0.327 e. The fraction of sp³-hybridized carbons (Fsp3) is 0.478. The van der Waals surface area contributed by atoms with Gasteiger partial charge in [-0.15, -0.1) is 0 Å². The standard InChI is InChI=1S/C46H53N3O11/c1-44(2,3)57-37(53)19-18-33(27-50)48-36(52)20-21-47-43(55)46-25-35-38-39(59-45(58-38)23-31-14-4-5-15-32(31)24-45)41(46)60-49(40(46)42(54)56-35)26-29-12-8-10-28(22-29)11-9-16-30-13-6-7-17-34(30)51/h4-15,17,22,33,35,38-41,50-51H,16,18-21,23-27H2,1-3H3,(H,47,55)(H,48,52). The molecule has 4 N–H and O–H groups in total. The summed E-state index contributed by atoms with van der Waals surface area (Å²) in [5, 5.41) is 27.3. The number of nitrogens with zero attached hydrogens (tertiary/aromatic N) is 1. The number of aliphatic hydroxyl groups excluding tert-OH is 1. The average Bonchev–Trinajstić information content (AvgIpc) is 3.88. The third-order valence-electron chi connectivity index (χ3n) is 12.0. The quantitative estimate of drug-likeness (QED) is 0.173. The Labute approximate surface area is 349 Å². The van der Waals surface area contributed by atoms with Crippen LogP contribution in [0.5, 0.6) is 5.75 Å². The van der Waals surface area contributed by atoms with E-state index in [4.69, 9.17) is 23.8 Å². The number of rotatable bonds is 14. The number of phenols is 1. The monoisotopic (exact) mass is 823 g/mol. The minimum Gasteiger partial charge on any atom is -0.508 e. The van der Waals surface area contributed by atoms with Crippen LogP contribution in [0.25, 0.3) is 6.08 Å². The Balaban J connectivity index is 0.994. The van der Waals surface area contributed by atoms with E-state index in [9.17, 15) is 29.4 Å². The van der Waals surface area contributed by atoms with E-state index in [1.54, 1.807) is 32.9 Å². The maximum atomic E-state index is 14.7. The molecule has 0 aromatic heterocycles. The summed E-state index contributed by atoms with van der Waals surface area (Å²) in [5.41, 5.74) is 2.66. The molecule has 3 heterocycles. The Morgan fingerprint density at radius 2 is 1.72 bits per heavy atom. The number of hydrogen-bond donors (Lipinski definition) is 4. The summed E-state index contributed by atoms with van der Waals surface area (Å²) in [4.78, 5) is 60.9. The molecule has 0 radical (unpaired) electrons. The number of carbonyl (C=O) groups excluding carboxylic acids is 4. The number of nitrogens with one attached hydrogen (secondary N) is 2. The lowest BCUT2D eigenvalue weighted by molar-refractivity contribution is -0.217. The summed E-state index contributed by atoms with van der Waals surface area (Å²) in [7, 11) is 0. The lowest BCUT2D eigenvalue weighted by Gasteiger charge is -2.48. The van der Waals surface area contributed by atoms with Crippen molar-refractivity contribution in [2.24, 2.45) is 5.41 Å². The lowest BCUT2D eigenvalue weighted by Crippen LogP contribution is -2.69. The second kappa shape index (κ2) is 16.7. The van der Waals surface area contributed by atoms with Crippen LogP contribution in [-0.4, -0.2) is 100 Å². The van der Waals surface area contributed by atoms with Crippen LogP contribution in [0.3, 0.4) is 0 Å². The van der Waals surface area contributed by atoms with Crippen LogP contribution in [0.2, 0.25) is 0 Å². The van der Waals surface area contributed by atoms with Gasteiger partial charge in [-0.3, -0.25) is 24.0 Å². The molecule has 318 valence electrons. The predicted octanol–water partition coefficient (Wildman–Crippen LogP) is 3.83. The third kappa shape index (κ3) is 8.44. The molecular formula is C46H53N3O11. The molecule has 1 spiro atoms. The van der Waals surface area contributed by atoms with Gasteiger partial charge in [0, 0.05) is 38.6 Å². The summed E-state index contributed by atoms with van der Waals surface area (Å²) >= 11 is 0. The van der Waals surface area contributed by atoms with E-state index in [1.165, 1.54) is 5.06 Å². The maximum Gasteiger partial charge on any atom is 0.327 e. The Morgan fingerprint density at radius 3 is 2.45 bits per heavy atom. The molecule has 5 aliphatic rings. The van der Waals surface area contributed by atoms with Crippen LogP contribution in [0.1, 0.15) is 74.3 Å².